The number of nitrogens with one attached hydrogen (secondary N) is 1. The summed E-state index contributed by atoms with van der Waals surface area (Å²) in [5, 5.41) is 13.9. The smallest absolute Gasteiger partial charge is 0.268 e. The van der Waals surface area contributed by atoms with Crippen LogP contribution >= 0.6 is 7.82 Å². The van der Waals surface area contributed by atoms with Crippen LogP contribution in [0.4, 0.5) is 0 Å². The lowest BCUT2D eigenvalue weighted by atomic mass is 10.0. The maximum atomic E-state index is 12.9. The fourth-order valence-electron chi connectivity index (χ4n) is 6.92. The van der Waals surface area contributed by atoms with Crippen LogP contribution in [0.3, 0.4) is 0 Å². The summed E-state index contributed by atoms with van der Waals surface area (Å²) < 4.78 is 23.3. The molecule has 0 aromatic heterocycles. The lowest BCUT2D eigenvalue weighted by Gasteiger charge is -2.30. The Hall–Kier alpha value is -0.500. The molecular formula is C44H91N2O6P. The predicted molar refractivity (Wildman–Crippen MR) is 224 cm³/mol. The average molecular weight is 775 g/mol. The number of quaternary nitrogens is 1. The number of nitrogens with zero attached hydrogens (tertiary/aromatic N) is 1. The van der Waals surface area contributed by atoms with Crippen LogP contribution in [-0.4, -0.2) is 68.5 Å². The van der Waals surface area contributed by atoms with Crippen LogP contribution in [0.25, 0.3) is 0 Å². The van der Waals surface area contributed by atoms with Crippen molar-refractivity contribution in [3.05, 3.63) is 0 Å². The Balaban J connectivity index is 4.32. The lowest BCUT2D eigenvalue weighted by Crippen LogP contribution is -2.46. The number of rotatable bonds is 42. The van der Waals surface area contributed by atoms with Crippen LogP contribution in [0.1, 0.15) is 226 Å². The first kappa shape index (κ1) is 52.5. The molecule has 0 heterocycles. The molecule has 2 N–H and O–H groups in total. The maximum absolute atomic E-state index is 12.9. The SMILES string of the molecule is CCCCCCCCCCCCCCCCCCC(=O)NC(COP(=O)([O-])OCC[N+](C)(C)C)C(O)CCCCCCCCCCCCCCCCC. The molecular weight excluding hydrogens is 683 g/mol. The number of amides is 1. The molecule has 3 atom stereocenters. The number of likely N-dealkylation sites (N-methyl/N-ethyl adjacent to an activating group) is 1. The van der Waals surface area contributed by atoms with Crippen LogP contribution in [0.15, 0.2) is 0 Å². The molecule has 0 aliphatic heterocycles. The Bertz CT molecular complexity index is 839. The second-order valence-corrected chi connectivity index (χ2v) is 18.5. The Labute approximate surface area is 329 Å². The fraction of sp³-hybridized carbons (Fsp3) is 0.977. The topological polar surface area (TPSA) is 108 Å². The lowest BCUT2D eigenvalue weighted by molar-refractivity contribution is -0.870. The molecule has 0 radical (unpaired) electrons. The Morgan fingerprint density at radius 1 is 0.585 bits per heavy atom. The van der Waals surface area contributed by atoms with Gasteiger partial charge in [0, 0.05) is 6.42 Å². The van der Waals surface area contributed by atoms with Crippen LogP contribution in [0.2, 0.25) is 0 Å². The van der Waals surface area contributed by atoms with Crippen molar-refractivity contribution >= 4 is 13.7 Å². The van der Waals surface area contributed by atoms with E-state index in [4.69, 9.17) is 9.05 Å². The van der Waals surface area contributed by atoms with E-state index >= 15 is 0 Å². The minimum atomic E-state index is -4.56. The van der Waals surface area contributed by atoms with E-state index in [-0.39, 0.29) is 19.1 Å². The van der Waals surface area contributed by atoms with Crippen molar-refractivity contribution in [3.63, 3.8) is 0 Å². The highest BCUT2D eigenvalue weighted by Crippen LogP contribution is 2.38. The fourth-order valence-corrected chi connectivity index (χ4v) is 7.65. The second kappa shape index (κ2) is 37.1. The molecule has 0 rings (SSSR count). The number of carbonyl (C=O) groups is 1. The minimum Gasteiger partial charge on any atom is -0.756 e. The number of aliphatic hydroxyl groups is 1. The van der Waals surface area contributed by atoms with Crippen molar-refractivity contribution < 1.29 is 32.9 Å². The quantitative estimate of drug-likeness (QED) is 0.0363. The molecule has 0 aliphatic rings. The average Bonchev–Trinajstić information content (AvgIpc) is 3.10. The van der Waals surface area contributed by atoms with Gasteiger partial charge < -0.3 is 28.8 Å². The molecule has 0 aromatic rings. The summed E-state index contributed by atoms with van der Waals surface area (Å²) in [6.45, 7) is 4.74. The van der Waals surface area contributed by atoms with Crippen LogP contribution in [-0.2, 0) is 18.4 Å². The van der Waals surface area contributed by atoms with Crippen molar-refractivity contribution in [3.8, 4) is 0 Å². The highest BCUT2D eigenvalue weighted by molar-refractivity contribution is 7.45. The maximum Gasteiger partial charge on any atom is 0.268 e. The normalized spacial score (nSPS) is 14.3. The first-order valence-corrected chi connectivity index (χ1v) is 24.3. The van der Waals surface area contributed by atoms with Gasteiger partial charge >= 0.3 is 0 Å². The van der Waals surface area contributed by atoms with Crippen LogP contribution < -0.4 is 10.2 Å². The van der Waals surface area contributed by atoms with E-state index in [9.17, 15) is 19.4 Å². The molecule has 0 aliphatic carbocycles. The van der Waals surface area contributed by atoms with Gasteiger partial charge in [-0.2, -0.15) is 0 Å². The Kier molecular flexibility index (Phi) is 36.7. The van der Waals surface area contributed by atoms with Crippen LogP contribution in [0.5, 0.6) is 0 Å². The van der Waals surface area contributed by atoms with Gasteiger partial charge in [-0.3, -0.25) is 9.36 Å². The van der Waals surface area contributed by atoms with Crippen molar-refractivity contribution in [2.45, 2.75) is 238 Å². The van der Waals surface area contributed by atoms with Gasteiger partial charge in [-0.05, 0) is 12.8 Å². The zero-order valence-corrected chi connectivity index (χ0v) is 36.9. The Morgan fingerprint density at radius 2 is 0.925 bits per heavy atom. The summed E-state index contributed by atoms with van der Waals surface area (Å²) in [6.07, 6.45) is 39.5. The molecule has 318 valence electrons. The molecule has 0 fully saturated rings. The molecule has 1 amide bonds. The summed E-state index contributed by atoms with van der Waals surface area (Å²) in [4.78, 5) is 25.3. The molecule has 0 bridgehead atoms. The van der Waals surface area contributed by atoms with E-state index in [1.165, 1.54) is 161 Å². The molecule has 0 saturated heterocycles. The summed E-state index contributed by atoms with van der Waals surface area (Å²) in [6, 6.07) is -0.792. The molecule has 53 heavy (non-hydrogen) atoms. The molecule has 9 heteroatoms. The minimum absolute atomic E-state index is 0.0161. The monoisotopic (exact) mass is 775 g/mol. The van der Waals surface area contributed by atoms with E-state index in [1.54, 1.807) is 0 Å². The molecule has 0 spiro atoms. The number of hydrogen-bond acceptors (Lipinski definition) is 6. The second-order valence-electron chi connectivity index (χ2n) is 17.1. The van der Waals surface area contributed by atoms with Crippen molar-refractivity contribution in [1.29, 1.82) is 0 Å². The van der Waals surface area contributed by atoms with Crippen molar-refractivity contribution in [2.75, 3.05) is 40.9 Å². The number of phosphoric acid groups is 1. The van der Waals surface area contributed by atoms with Gasteiger partial charge in [0.05, 0.1) is 39.9 Å². The first-order valence-electron chi connectivity index (χ1n) is 22.9. The summed E-state index contributed by atoms with van der Waals surface area (Å²) >= 11 is 0. The summed E-state index contributed by atoms with van der Waals surface area (Å²) in [5.41, 5.74) is 0. The van der Waals surface area contributed by atoms with E-state index < -0.39 is 20.0 Å². The van der Waals surface area contributed by atoms with Gasteiger partial charge in [-0.25, -0.2) is 0 Å². The van der Waals surface area contributed by atoms with E-state index in [0.717, 1.165) is 38.5 Å². The highest BCUT2D eigenvalue weighted by atomic mass is 31.2. The van der Waals surface area contributed by atoms with Crippen LogP contribution in [0, 0.1) is 0 Å². The molecule has 8 nitrogen and oxygen atoms in total. The van der Waals surface area contributed by atoms with Crippen molar-refractivity contribution in [2.24, 2.45) is 0 Å². The molecule has 0 saturated carbocycles. The zero-order valence-electron chi connectivity index (χ0n) is 36.0. The van der Waals surface area contributed by atoms with Gasteiger partial charge in [0.2, 0.25) is 5.91 Å². The number of aliphatic hydroxyl groups excluding tert-OH is 1. The van der Waals surface area contributed by atoms with Gasteiger partial charge in [-0.1, -0.05) is 206 Å². The number of phosphoric ester groups is 1. The number of unbranched alkanes of at least 4 members (excludes halogenated alkanes) is 29. The van der Waals surface area contributed by atoms with Crippen molar-refractivity contribution in [1.82, 2.24) is 5.32 Å². The largest absolute Gasteiger partial charge is 0.756 e. The summed E-state index contributed by atoms with van der Waals surface area (Å²) in [5.74, 6) is -0.161. The number of hydrogen-bond donors (Lipinski definition) is 2. The first-order chi connectivity index (χ1) is 25.5. The summed E-state index contributed by atoms with van der Waals surface area (Å²) in [7, 11) is 1.32. The number of carbonyl (C=O) groups excluding carboxylic acids is 1. The third kappa shape index (κ3) is 39.5. The third-order valence-electron chi connectivity index (χ3n) is 10.6. The van der Waals surface area contributed by atoms with E-state index in [0.29, 0.717) is 23.9 Å². The standard InChI is InChI=1S/C44H91N2O6P/c1-6-8-10-12-14-16-18-20-22-24-26-28-30-32-34-36-38-44(48)45-42(41-52-53(49,50)51-40-39-46(3,4)5)43(47)37-35-33-31-29-27-25-23-21-19-17-15-13-11-9-7-2/h42-43,47H,6-41H2,1-5H3,(H-,45,48,49,50). The van der Waals surface area contributed by atoms with E-state index in [2.05, 4.69) is 19.2 Å². The Morgan fingerprint density at radius 3 is 1.28 bits per heavy atom. The van der Waals surface area contributed by atoms with Gasteiger partial charge in [0.15, 0.2) is 0 Å². The van der Waals surface area contributed by atoms with Gasteiger partial charge in [0.1, 0.15) is 13.2 Å². The van der Waals surface area contributed by atoms with Gasteiger partial charge in [-0.15, -0.1) is 0 Å². The van der Waals surface area contributed by atoms with E-state index in [1.807, 2.05) is 21.1 Å². The molecule has 0 aromatic carbocycles. The molecule has 3 unspecified atom stereocenters. The third-order valence-corrected chi connectivity index (χ3v) is 11.6. The predicted octanol–water partition coefficient (Wildman–Crippen LogP) is 12.0. The zero-order chi connectivity index (χ0) is 39.3. The van der Waals surface area contributed by atoms with Gasteiger partial charge in [0.25, 0.3) is 7.82 Å². The highest BCUT2D eigenvalue weighted by Gasteiger charge is 2.24.